The summed E-state index contributed by atoms with van der Waals surface area (Å²) in [5.74, 6) is 0. The summed E-state index contributed by atoms with van der Waals surface area (Å²) < 4.78 is 0. The number of para-hydroxylation sites is 1. The first-order valence-electron chi connectivity index (χ1n) is 10.5. The summed E-state index contributed by atoms with van der Waals surface area (Å²) >= 11 is 7.71. The molecule has 0 bridgehead atoms. The molecule has 0 atom stereocenters. The number of fused-ring (bicyclic) bond motifs is 1. The molecule has 152 valence electrons. The Morgan fingerprint density at radius 2 is 1.90 bits per heavy atom. The van der Waals surface area contributed by atoms with Crippen LogP contribution in [0.4, 0.5) is 5.69 Å². The monoisotopic (exact) mass is 423 g/mol. The van der Waals surface area contributed by atoms with Crippen molar-refractivity contribution in [2.45, 2.75) is 56.0 Å². The van der Waals surface area contributed by atoms with Crippen molar-refractivity contribution in [1.82, 2.24) is 9.88 Å². The molecule has 0 radical (unpaired) electrons. The van der Waals surface area contributed by atoms with Crippen molar-refractivity contribution in [2.75, 3.05) is 11.6 Å². The molecule has 2 N–H and O–H groups in total. The minimum atomic E-state index is 0.495. The zero-order valence-corrected chi connectivity index (χ0v) is 18.6. The molecule has 1 aliphatic carbocycles. The van der Waals surface area contributed by atoms with Gasteiger partial charge in [-0.1, -0.05) is 49.9 Å². The number of hydrogen-bond donors (Lipinski definition) is 2. The third kappa shape index (κ3) is 4.96. The Kier molecular flexibility index (Phi) is 6.78. The molecular weight excluding hydrogens is 394 g/mol. The summed E-state index contributed by atoms with van der Waals surface area (Å²) in [5.41, 5.74) is 3.57. The Bertz CT molecular complexity index is 957. The highest BCUT2D eigenvalue weighted by Crippen LogP contribution is 2.27. The predicted octanol–water partition coefficient (Wildman–Crippen LogP) is 6.81. The smallest absolute Gasteiger partial charge is 0.173 e. The standard InChI is InChI=1S/C24H29N3S2/c1-29-21-12-8-9-19(15-21)26-24(28)27(20-10-4-2-3-5-11-20)17-18-16-25-23-14-7-6-13-22(18)23/h6-9,12-16,20,25H,2-5,10-11,17H2,1H3,(H,26,28). The number of hydrogen-bond acceptors (Lipinski definition) is 2. The third-order valence-electron chi connectivity index (χ3n) is 5.86. The highest BCUT2D eigenvalue weighted by atomic mass is 32.2. The predicted molar refractivity (Wildman–Crippen MR) is 130 cm³/mol. The van der Waals surface area contributed by atoms with Crippen LogP contribution in [0.1, 0.15) is 44.1 Å². The Morgan fingerprint density at radius 1 is 1.10 bits per heavy atom. The van der Waals surface area contributed by atoms with Gasteiger partial charge in [0.2, 0.25) is 0 Å². The molecule has 0 unspecified atom stereocenters. The fourth-order valence-corrected chi connectivity index (χ4v) is 5.07. The SMILES string of the molecule is CSc1cccc(NC(=S)N(Cc2c[nH]c3ccccc23)C2CCCCCC2)c1. The number of thiocarbonyl (C=S) groups is 1. The number of aromatic nitrogens is 1. The van der Waals surface area contributed by atoms with Crippen molar-refractivity contribution < 1.29 is 0 Å². The van der Waals surface area contributed by atoms with Gasteiger partial charge in [-0.3, -0.25) is 0 Å². The van der Waals surface area contributed by atoms with E-state index in [9.17, 15) is 0 Å². The maximum absolute atomic E-state index is 5.96. The van der Waals surface area contributed by atoms with Crippen molar-refractivity contribution in [3.05, 3.63) is 60.3 Å². The van der Waals surface area contributed by atoms with Gasteiger partial charge in [-0.05, 0) is 61.1 Å². The zero-order valence-electron chi connectivity index (χ0n) is 17.0. The molecule has 0 spiro atoms. The molecule has 3 aromatic rings. The number of aromatic amines is 1. The van der Waals surface area contributed by atoms with E-state index >= 15 is 0 Å². The minimum Gasteiger partial charge on any atom is -0.361 e. The van der Waals surface area contributed by atoms with Crippen molar-refractivity contribution in [1.29, 1.82) is 0 Å². The molecule has 1 saturated carbocycles. The summed E-state index contributed by atoms with van der Waals surface area (Å²) in [5, 5.41) is 5.65. The lowest BCUT2D eigenvalue weighted by Crippen LogP contribution is -2.42. The van der Waals surface area contributed by atoms with Crippen LogP contribution in [-0.4, -0.2) is 27.3 Å². The van der Waals surface area contributed by atoms with E-state index in [0.29, 0.717) is 6.04 Å². The quantitative estimate of drug-likeness (QED) is 0.268. The van der Waals surface area contributed by atoms with Crippen LogP contribution in [0.5, 0.6) is 0 Å². The van der Waals surface area contributed by atoms with Crippen LogP contribution in [0.15, 0.2) is 59.6 Å². The molecule has 1 aliphatic rings. The van der Waals surface area contributed by atoms with Gasteiger partial charge in [-0.2, -0.15) is 0 Å². The summed E-state index contributed by atoms with van der Waals surface area (Å²) in [4.78, 5) is 7.10. The Labute approximate surface area is 183 Å². The molecule has 29 heavy (non-hydrogen) atoms. The van der Waals surface area contributed by atoms with Crippen LogP contribution in [-0.2, 0) is 6.54 Å². The van der Waals surface area contributed by atoms with Crippen molar-refractivity contribution in [3.63, 3.8) is 0 Å². The van der Waals surface area contributed by atoms with Crippen LogP contribution in [0, 0.1) is 0 Å². The first-order chi connectivity index (χ1) is 14.2. The summed E-state index contributed by atoms with van der Waals surface area (Å²) in [6.07, 6.45) is 11.9. The number of H-pyrrole nitrogens is 1. The molecule has 1 heterocycles. The molecule has 5 heteroatoms. The maximum atomic E-state index is 5.96. The fraction of sp³-hybridized carbons (Fsp3) is 0.375. The van der Waals surface area contributed by atoms with Crippen LogP contribution < -0.4 is 5.32 Å². The highest BCUT2D eigenvalue weighted by Gasteiger charge is 2.23. The number of nitrogens with one attached hydrogen (secondary N) is 2. The first-order valence-corrected chi connectivity index (χ1v) is 12.1. The molecular formula is C24H29N3S2. The number of rotatable bonds is 5. The third-order valence-corrected chi connectivity index (χ3v) is 6.92. The molecule has 2 aromatic carbocycles. The average molecular weight is 424 g/mol. The number of nitrogens with zero attached hydrogens (tertiary/aromatic N) is 1. The van der Waals surface area contributed by atoms with Crippen LogP contribution in [0.25, 0.3) is 10.9 Å². The normalized spacial score (nSPS) is 15.2. The second-order valence-electron chi connectivity index (χ2n) is 7.79. The molecule has 0 amide bonds. The summed E-state index contributed by atoms with van der Waals surface area (Å²) in [7, 11) is 0. The first kappa shape index (κ1) is 20.3. The van der Waals surface area contributed by atoms with E-state index in [1.165, 1.54) is 59.9 Å². The number of benzene rings is 2. The molecule has 0 saturated heterocycles. The number of thioether (sulfide) groups is 1. The van der Waals surface area contributed by atoms with Crippen LogP contribution in [0.2, 0.25) is 0 Å². The Morgan fingerprint density at radius 3 is 2.69 bits per heavy atom. The van der Waals surface area contributed by atoms with E-state index < -0.39 is 0 Å². The maximum Gasteiger partial charge on any atom is 0.173 e. The van der Waals surface area contributed by atoms with E-state index in [0.717, 1.165) is 17.3 Å². The summed E-state index contributed by atoms with van der Waals surface area (Å²) in [6.45, 7) is 0.836. The van der Waals surface area contributed by atoms with Gasteiger partial charge in [0.25, 0.3) is 0 Å². The molecule has 0 aliphatic heterocycles. The fourth-order valence-electron chi connectivity index (χ4n) is 4.28. The minimum absolute atomic E-state index is 0.495. The van der Waals surface area contributed by atoms with E-state index in [1.54, 1.807) is 11.8 Å². The van der Waals surface area contributed by atoms with E-state index in [4.69, 9.17) is 12.2 Å². The van der Waals surface area contributed by atoms with Gasteiger partial charge >= 0.3 is 0 Å². The highest BCUT2D eigenvalue weighted by molar-refractivity contribution is 7.98. The van der Waals surface area contributed by atoms with Gasteiger partial charge in [0.1, 0.15) is 0 Å². The van der Waals surface area contributed by atoms with Crippen LogP contribution in [0.3, 0.4) is 0 Å². The Hall–Kier alpha value is -1.98. The zero-order chi connectivity index (χ0) is 20.1. The lowest BCUT2D eigenvalue weighted by Gasteiger charge is -2.34. The van der Waals surface area contributed by atoms with Gasteiger partial charge in [-0.25, -0.2) is 0 Å². The largest absolute Gasteiger partial charge is 0.361 e. The summed E-state index contributed by atoms with van der Waals surface area (Å²) in [6, 6.07) is 17.5. The second-order valence-corrected chi connectivity index (χ2v) is 9.06. The van der Waals surface area contributed by atoms with Gasteiger partial charge < -0.3 is 15.2 Å². The van der Waals surface area contributed by atoms with Crippen molar-refractivity contribution in [2.24, 2.45) is 0 Å². The lowest BCUT2D eigenvalue weighted by molar-refractivity contribution is 0.281. The van der Waals surface area contributed by atoms with E-state index in [1.807, 2.05) is 0 Å². The molecule has 1 fully saturated rings. The molecule has 1 aromatic heterocycles. The lowest BCUT2D eigenvalue weighted by atomic mass is 10.1. The van der Waals surface area contributed by atoms with Gasteiger partial charge in [0.15, 0.2) is 5.11 Å². The topological polar surface area (TPSA) is 31.1 Å². The van der Waals surface area contributed by atoms with E-state index in [2.05, 4.69) is 76.2 Å². The van der Waals surface area contributed by atoms with Crippen LogP contribution >= 0.6 is 24.0 Å². The van der Waals surface area contributed by atoms with Gasteiger partial charge in [0.05, 0.1) is 0 Å². The average Bonchev–Trinajstić information content (AvgIpc) is 2.96. The van der Waals surface area contributed by atoms with Gasteiger partial charge in [-0.15, -0.1) is 11.8 Å². The van der Waals surface area contributed by atoms with Crippen molar-refractivity contribution >= 4 is 45.7 Å². The molecule has 3 nitrogen and oxygen atoms in total. The number of anilines is 1. The molecule has 4 rings (SSSR count). The Balaban J connectivity index is 1.59. The van der Waals surface area contributed by atoms with Gasteiger partial charge in [0, 0.05) is 40.3 Å². The second kappa shape index (κ2) is 9.68. The van der Waals surface area contributed by atoms with Crippen molar-refractivity contribution in [3.8, 4) is 0 Å². The van der Waals surface area contributed by atoms with E-state index in [-0.39, 0.29) is 0 Å².